The summed E-state index contributed by atoms with van der Waals surface area (Å²) in [5, 5.41) is 11.4. The normalized spacial score (nSPS) is 14.6. The van der Waals surface area contributed by atoms with Crippen LogP contribution in [0.1, 0.15) is 34.9 Å². The number of carbonyl (C=O) groups excluding carboxylic acids is 1. The Labute approximate surface area is 248 Å². The van der Waals surface area contributed by atoms with Crippen molar-refractivity contribution < 1.29 is 46.1 Å². The van der Waals surface area contributed by atoms with E-state index in [-0.39, 0.29) is 26.2 Å². The molecule has 0 aliphatic carbocycles. The molecule has 0 bridgehead atoms. The number of amides is 1. The second kappa shape index (κ2) is 12.9. The molecule has 0 saturated carbocycles. The molecule has 3 aromatic carbocycles. The molecule has 1 unspecified atom stereocenters. The summed E-state index contributed by atoms with van der Waals surface area (Å²) >= 11 is 0.962. The predicted molar refractivity (Wildman–Crippen MR) is 151 cm³/mol. The quantitative estimate of drug-likeness (QED) is 0.228. The van der Waals surface area contributed by atoms with E-state index in [1.165, 1.54) is 54.7 Å². The van der Waals surface area contributed by atoms with Crippen LogP contribution in [-0.4, -0.2) is 48.8 Å². The molecule has 14 heteroatoms. The molecule has 1 aliphatic rings. The number of nitrogens with zero attached hydrogens (tertiary/aromatic N) is 1. The molecule has 1 fully saturated rings. The maximum atomic E-state index is 14.5. The lowest BCUT2D eigenvalue weighted by Gasteiger charge is -2.23. The van der Waals surface area contributed by atoms with E-state index < -0.39 is 50.5 Å². The number of carbonyl (C=O) groups is 2. The van der Waals surface area contributed by atoms with Crippen molar-refractivity contribution in [2.75, 3.05) is 18.5 Å². The Balaban J connectivity index is 1.36. The molecule has 5 rings (SSSR count). The Bertz CT molecular complexity index is 1720. The van der Waals surface area contributed by atoms with Gasteiger partial charge in [0.15, 0.2) is 26.5 Å². The third-order valence-corrected chi connectivity index (χ3v) is 9.60. The number of hydrogen-bond donors (Lipinski definition) is 2. The SMILES string of the molecule is O=C(O)c1ccc(Oc2cnc(NC(=O)C(Oc3ccc(F)cc3F)c3ccc(S(=O)(=O)C4CCOCC4)cc3)s2)cc1. The van der Waals surface area contributed by atoms with Crippen molar-refractivity contribution in [2.24, 2.45) is 0 Å². The van der Waals surface area contributed by atoms with Gasteiger partial charge in [0.05, 0.1) is 21.9 Å². The fourth-order valence-electron chi connectivity index (χ4n) is 4.30. The molecule has 1 aliphatic heterocycles. The van der Waals surface area contributed by atoms with Crippen molar-refractivity contribution in [1.82, 2.24) is 4.98 Å². The summed E-state index contributed by atoms with van der Waals surface area (Å²) in [6.07, 6.45) is 0.609. The summed E-state index contributed by atoms with van der Waals surface area (Å²) < 4.78 is 70.8. The van der Waals surface area contributed by atoms with Crippen LogP contribution in [0.15, 0.2) is 77.8 Å². The average Bonchev–Trinajstić information content (AvgIpc) is 3.43. The summed E-state index contributed by atoms with van der Waals surface area (Å²) in [7, 11) is -3.65. The minimum absolute atomic E-state index is 0.0633. The van der Waals surface area contributed by atoms with Crippen molar-refractivity contribution in [1.29, 1.82) is 0 Å². The van der Waals surface area contributed by atoms with Gasteiger partial charge in [0.1, 0.15) is 11.6 Å². The van der Waals surface area contributed by atoms with Gasteiger partial charge in [0.2, 0.25) is 11.2 Å². The van der Waals surface area contributed by atoms with Gasteiger partial charge >= 0.3 is 5.97 Å². The van der Waals surface area contributed by atoms with Crippen molar-refractivity contribution in [3.63, 3.8) is 0 Å². The fraction of sp³-hybridized carbons (Fsp3) is 0.207. The van der Waals surface area contributed by atoms with Crippen LogP contribution in [0, 0.1) is 11.6 Å². The lowest BCUT2D eigenvalue weighted by Crippen LogP contribution is -2.29. The fourth-order valence-corrected chi connectivity index (χ4v) is 6.70. The molecule has 4 aromatic rings. The van der Waals surface area contributed by atoms with Gasteiger partial charge in [-0.2, -0.15) is 0 Å². The van der Waals surface area contributed by atoms with E-state index >= 15 is 0 Å². The molecule has 1 aromatic heterocycles. The van der Waals surface area contributed by atoms with E-state index in [1.807, 2.05) is 0 Å². The largest absolute Gasteiger partial charge is 0.478 e. The van der Waals surface area contributed by atoms with Crippen molar-refractivity contribution >= 4 is 38.2 Å². The van der Waals surface area contributed by atoms with Gasteiger partial charge in [0.25, 0.3) is 5.91 Å². The molecule has 0 spiro atoms. The lowest BCUT2D eigenvalue weighted by atomic mass is 10.1. The van der Waals surface area contributed by atoms with Crippen LogP contribution in [0.3, 0.4) is 0 Å². The van der Waals surface area contributed by atoms with Crippen LogP contribution in [-0.2, 0) is 19.4 Å². The summed E-state index contributed by atoms with van der Waals surface area (Å²) in [6, 6.07) is 13.8. The van der Waals surface area contributed by atoms with Crippen LogP contribution in [0.5, 0.6) is 16.6 Å². The molecular weight excluding hydrogens is 606 g/mol. The zero-order chi connectivity index (χ0) is 30.6. The van der Waals surface area contributed by atoms with E-state index in [4.69, 9.17) is 19.3 Å². The van der Waals surface area contributed by atoms with Gasteiger partial charge in [-0.05, 0) is 61.4 Å². The van der Waals surface area contributed by atoms with Crippen LogP contribution >= 0.6 is 11.3 Å². The first kappa shape index (κ1) is 30.1. The smallest absolute Gasteiger partial charge is 0.335 e. The van der Waals surface area contributed by atoms with Gasteiger partial charge in [-0.3, -0.25) is 10.1 Å². The van der Waals surface area contributed by atoms with Crippen LogP contribution in [0.2, 0.25) is 0 Å². The molecule has 224 valence electrons. The molecule has 2 N–H and O–H groups in total. The Morgan fingerprint density at radius 3 is 2.37 bits per heavy atom. The third kappa shape index (κ3) is 7.16. The number of aromatic nitrogens is 1. The molecular formula is C29H24F2N2O8S2. The van der Waals surface area contributed by atoms with E-state index in [2.05, 4.69) is 10.3 Å². The van der Waals surface area contributed by atoms with Crippen molar-refractivity contribution in [3.05, 3.63) is 95.7 Å². The number of ether oxygens (including phenoxy) is 3. The number of halogens is 2. The number of nitrogens with one attached hydrogen (secondary N) is 1. The first-order chi connectivity index (χ1) is 20.6. The Hall–Kier alpha value is -4.40. The monoisotopic (exact) mass is 630 g/mol. The van der Waals surface area contributed by atoms with E-state index in [1.54, 1.807) is 0 Å². The van der Waals surface area contributed by atoms with Crippen molar-refractivity contribution in [2.45, 2.75) is 29.1 Å². The highest BCUT2D eigenvalue weighted by molar-refractivity contribution is 7.92. The van der Waals surface area contributed by atoms with E-state index in [0.29, 0.717) is 37.9 Å². The first-order valence-electron chi connectivity index (χ1n) is 12.9. The summed E-state index contributed by atoms with van der Waals surface area (Å²) in [5.41, 5.74) is 0.293. The maximum Gasteiger partial charge on any atom is 0.335 e. The van der Waals surface area contributed by atoms with Crippen LogP contribution < -0.4 is 14.8 Å². The number of carboxylic acid groups (broad SMARTS) is 1. The highest BCUT2D eigenvalue weighted by Gasteiger charge is 2.31. The summed E-state index contributed by atoms with van der Waals surface area (Å²) in [6.45, 7) is 0.698. The average molecular weight is 631 g/mol. The molecule has 2 heterocycles. The highest BCUT2D eigenvalue weighted by Crippen LogP contribution is 2.33. The number of sulfone groups is 1. The minimum Gasteiger partial charge on any atom is -0.478 e. The number of thiazole rings is 1. The molecule has 43 heavy (non-hydrogen) atoms. The molecule has 0 radical (unpaired) electrons. The van der Waals surface area contributed by atoms with Gasteiger partial charge < -0.3 is 19.3 Å². The summed E-state index contributed by atoms with van der Waals surface area (Å²) in [5.74, 6) is -3.77. The second-order valence-electron chi connectivity index (χ2n) is 9.40. The number of carboxylic acids is 1. The van der Waals surface area contributed by atoms with Gasteiger partial charge in [-0.25, -0.2) is 27.0 Å². The standard InChI is InChI=1S/C29H24F2N2O8S2/c30-19-5-10-24(23(31)15-19)41-26(17-3-8-21(9-4-17)43(37,38)22-11-13-39-14-12-22)27(34)33-29-32-16-25(42-29)40-20-6-1-18(2-7-20)28(35)36/h1-10,15-16,22,26H,11-14H2,(H,35,36)(H,32,33,34). The lowest BCUT2D eigenvalue weighted by molar-refractivity contribution is -0.123. The number of aromatic carboxylic acids is 1. The number of rotatable bonds is 10. The topological polar surface area (TPSA) is 141 Å². The van der Waals surface area contributed by atoms with Crippen LogP contribution in [0.4, 0.5) is 13.9 Å². The zero-order valence-electron chi connectivity index (χ0n) is 22.2. The van der Waals surface area contributed by atoms with Crippen molar-refractivity contribution in [3.8, 4) is 16.6 Å². The predicted octanol–water partition coefficient (Wildman–Crippen LogP) is 5.62. The highest BCUT2D eigenvalue weighted by atomic mass is 32.2. The van der Waals surface area contributed by atoms with Gasteiger partial charge in [-0.15, -0.1) is 0 Å². The first-order valence-corrected chi connectivity index (χ1v) is 15.3. The number of anilines is 1. The van der Waals surface area contributed by atoms with Gasteiger partial charge in [0, 0.05) is 24.8 Å². The Kier molecular flexibility index (Phi) is 8.99. The van der Waals surface area contributed by atoms with E-state index in [9.17, 15) is 26.8 Å². The Morgan fingerprint density at radius 2 is 1.72 bits per heavy atom. The number of benzene rings is 3. The second-order valence-corrected chi connectivity index (χ2v) is 12.6. The molecule has 1 atom stereocenters. The molecule has 10 nitrogen and oxygen atoms in total. The summed E-state index contributed by atoms with van der Waals surface area (Å²) in [4.78, 5) is 28.6. The third-order valence-electron chi connectivity index (χ3n) is 6.53. The van der Waals surface area contributed by atoms with Crippen LogP contribution in [0.25, 0.3) is 0 Å². The van der Waals surface area contributed by atoms with E-state index in [0.717, 1.165) is 23.5 Å². The number of hydrogen-bond acceptors (Lipinski definition) is 9. The van der Waals surface area contributed by atoms with Gasteiger partial charge in [-0.1, -0.05) is 23.5 Å². The maximum absolute atomic E-state index is 14.5. The molecule has 1 amide bonds. The Morgan fingerprint density at radius 1 is 1.02 bits per heavy atom. The molecule has 1 saturated heterocycles. The minimum atomic E-state index is -3.65. The zero-order valence-corrected chi connectivity index (χ0v) is 23.9.